The molecule has 1 aromatic heterocycles. The molecule has 4 heteroatoms. The highest BCUT2D eigenvalue weighted by molar-refractivity contribution is 6.31. The quantitative estimate of drug-likeness (QED) is 0.792. The van der Waals surface area contributed by atoms with E-state index in [0.29, 0.717) is 23.9 Å². The molecule has 0 aliphatic carbocycles. The van der Waals surface area contributed by atoms with Crippen LogP contribution in [0.1, 0.15) is 23.0 Å². The van der Waals surface area contributed by atoms with Crippen LogP contribution in [0.25, 0.3) is 0 Å². The number of benzene rings is 1. The number of ether oxygens (including phenoxy) is 1. The van der Waals surface area contributed by atoms with E-state index < -0.39 is 0 Å². The normalized spacial score (nSPS) is 10.3. The van der Waals surface area contributed by atoms with E-state index >= 15 is 0 Å². The molecule has 0 atom stereocenters. The Hall–Kier alpha value is -1.74. The zero-order valence-corrected chi connectivity index (χ0v) is 10.9. The molecule has 2 aromatic rings. The van der Waals surface area contributed by atoms with Crippen LogP contribution in [-0.4, -0.2) is 17.1 Å². The topological polar surface area (TPSA) is 31.2 Å². The fraction of sp³-hybridized carbons (Fsp3) is 0.214. The molecule has 1 heterocycles. The van der Waals surface area contributed by atoms with Crippen LogP contribution in [-0.2, 0) is 11.3 Å². The molecule has 0 saturated heterocycles. The van der Waals surface area contributed by atoms with E-state index in [1.165, 1.54) is 0 Å². The van der Waals surface area contributed by atoms with Crippen molar-refractivity contribution in [2.24, 2.45) is 0 Å². The van der Waals surface area contributed by atoms with Crippen LogP contribution in [0.5, 0.6) is 0 Å². The second kappa shape index (κ2) is 5.74. The number of esters is 1. The second-order valence-electron chi connectivity index (χ2n) is 3.83. The first-order valence-corrected chi connectivity index (χ1v) is 6.16. The lowest BCUT2D eigenvalue weighted by Crippen LogP contribution is -2.12. The molecule has 3 nitrogen and oxygen atoms in total. The Labute approximate surface area is 111 Å². The maximum atomic E-state index is 11.7. The average molecular weight is 264 g/mol. The van der Waals surface area contributed by atoms with Crippen LogP contribution in [0, 0.1) is 0 Å². The molecule has 0 radical (unpaired) electrons. The molecule has 1 aromatic carbocycles. The van der Waals surface area contributed by atoms with E-state index in [1.54, 1.807) is 13.0 Å². The monoisotopic (exact) mass is 263 g/mol. The SMILES string of the molecule is CCOC(=O)c1cccn1Cc1ccccc1Cl. The van der Waals surface area contributed by atoms with Crippen molar-refractivity contribution in [3.05, 3.63) is 58.9 Å². The van der Waals surface area contributed by atoms with E-state index in [4.69, 9.17) is 16.3 Å². The highest BCUT2D eigenvalue weighted by Crippen LogP contribution is 2.17. The van der Waals surface area contributed by atoms with Crippen LogP contribution >= 0.6 is 11.6 Å². The molecule has 0 spiro atoms. The first kappa shape index (κ1) is 12.7. The molecule has 0 aliphatic heterocycles. The summed E-state index contributed by atoms with van der Waals surface area (Å²) in [5, 5.41) is 0.695. The zero-order chi connectivity index (χ0) is 13.0. The van der Waals surface area contributed by atoms with Crippen molar-refractivity contribution in [2.45, 2.75) is 13.5 Å². The summed E-state index contributed by atoms with van der Waals surface area (Å²) in [6.07, 6.45) is 1.84. The lowest BCUT2D eigenvalue weighted by molar-refractivity contribution is 0.0514. The van der Waals surface area contributed by atoms with Gasteiger partial charge in [-0.3, -0.25) is 0 Å². The van der Waals surface area contributed by atoms with E-state index in [-0.39, 0.29) is 5.97 Å². The van der Waals surface area contributed by atoms with Crippen molar-refractivity contribution in [1.29, 1.82) is 0 Å². The van der Waals surface area contributed by atoms with Crippen molar-refractivity contribution in [1.82, 2.24) is 4.57 Å². The summed E-state index contributed by atoms with van der Waals surface area (Å²) in [5.41, 5.74) is 1.51. The lowest BCUT2D eigenvalue weighted by atomic mass is 10.2. The molecule has 0 amide bonds. The van der Waals surface area contributed by atoms with Gasteiger partial charge in [0.2, 0.25) is 0 Å². The van der Waals surface area contributed by atoms with Gasteiger partial charge in [0.15, 0.2) is 0 Å². The Morgan fingerprint density at radius 1 is 1.28 bits per heavy atom. The fourth-order valence-corrected chi connectivity index (χ4v) is 1.95. The Kier molecular flexibility index (Phi) is 4.05. The highest BCUT2D eigenvalue weighted by atomic mass is 35.5. The van der Waals surface area contributed by atoms with Crippen LogP contribution in [0.2, 0.25) is 5.02 Å². The third-order valence-electron chi connectivity index (χ3n) is 2.61. The van der Waals surface area contributed by atoms with Crippen molar-refractivity contribution < 1.29 is 9.53 Å². The number of nitrogens with zero attached hydrogens (tertiary/aromatic N) is 1. The van der Waals surface area contributed by atoms with E-state index in [0.717, 1.165) is 5.56 Å². The van der Waals surface area contributed by atoms with Gasteiger partial charge in [-0.25, -0.2) is 4.79 Å². The molecule has 0 aliphatic rings. The van der Waals surface area contributed by atoms with Gasteiger partial charge < -0.3 is 9.30 Å². The Balaban J connectivity index is 2.23. The predicted molar refractivity (Wildman–Crippen MR) is 70.9 cm³/mol. The number of rotatable bonds is 4. The molecule has 94 valence electrons. The Morgan fingerprint density at radius 3 is 2.78 bits per heavy atom. The van der Waals surface area contributed by atoms with Crippen LogP contribution in [0.15, 0.2) is 42.6 Å². The van der Waals surface area contributed by atoms with E-state index in [9.17, 15) is 4.79 Å². The average Bonchev–Trinajstić information content (AvgIpc) is 2.81. The van der Waals surface area contributed by atoms with Gasteiger partial charge >= 0.3 is 5.97 Å². The van der Waals surface area contributed by atoms with Gasteiger partial charge in [-0.1, -0.05) is 29.8 Å². The number of carbonyl (C=O) groups is 1. The molecule has 0 fully saturated rings. The standard InChI is InChI=1S/C14H14ClNO2/c1-2-18-14(17)13-8-5-9-16(13)10-11-6-3-4-7-12(11)15/h3-9H,2,10H2,1H3. The van der Waals surface area contributed by atoms with Gasteiger partial charge in [-0.05, 0) is 30.7 Å². The number of hydrogen-bond donors (Lipinski definition) is 0. The number of aromatic nitrogens is 1. The van der Waals surface area contributed by atoms with Crippen LogP contribution in [0.4, 0.5) is 0 Å². The second-order valence-corrected chi connectivity index (χ2v) is 4.24. The largest absolute Gasteiger partial charge is 0.461 e. The summed E-state index contributed by atoms with van der Waals surface area (Å²) in [5.74, 6) is -0.311. The summed E-state index contributed by atoms with van der Waals surface area (Å²) < 4.78 is 6.83. The molecule has 0 N–H and O–H groups in total. The maximum absolute atomic E-state index is 11.7. The minimum Gasteiger partial charge on any atom is -0.461 e. The summed E-state index contributed by atoms with van der Waals surface area (Å²) in [4.78, 5) is 11.7. The molecule has 18 heavy (non-hydrogen) atoms. The molecule has 0 bridgehead atoms. The van der Waals surface area contributed by atoms with E-state index in [2.05, 4.69) is 0 Å². The Bertz CT molecular complexity index is 548. The summed E-state index contributed by atoms with van der Waals surface area (Å²) >= 11 is 6.10. The third kappa shape index (κ3) is 2.74. The maximum Gasteiger partial charge on any atom is 0.354 e. The zero-order valence-electron chi connectivity index (χ0n) is 10.1. The van der Waals surface area contributed by atoms with Gasteiger partial charge in [-0.2, -0.15) is 0 Å². The summed E-state index contributed by atoms with van der Waals surface area (Å²) in [6.45, 7) is 2.72. The first-order valence-electron chi connectivity index (χ1n) is 5.78. The van der Waals surface area contributed by atoms with Gasteiger partial charge in [0.25, 0.3) is 0 Å². The van der Waals surface area contributed by atoms with Crippen molar-refractivity contribution in [2.75, 3.05) is 6.61 Å². The molecule has 0 saturated carbocycles. The fourth-order valence-electron chi connectivity index (χ4n) is 1.75. The van der Waals surface area contributed by atoms with Gasteiger partial charge in [0.05, 0.1) is 6.61 Å². The smallest absolute Gasteiger partial charge is 0.354 e. The molecular weight excluding hydrogens is 250 g/mol. The van der Waals surface area contributed by atoms with Crippen molar-refractivity contribution in [3.8, 4) is 0 Å². The van der Waals surface area contributed by atoms with Crippen molar-refractivity contribution >= 4 is 17.6 Å². The molecule has 2 rings (SSSR count). The van der Waals surface area contributed by atoms with E-state index in [1.807, 2.05) is 41.1 Å². The van der Waals surface area contributed by atoms with Crippen LogP contribution in [0.3, 0.4) is 0 Å². The van der Waals surface area contributed by atoms with Gasteiger partial charge in [0, 0.05) is 17.8 Å². The number of carbonyl (C=O) groups excluding carboxylic acids is 1. The predicted octanol–water partition coefficient (Wildman–Crippen LogP) is 3.37. The highest BCUT2D eigenvalue weighted by Gasteiger charge is 2.12. The Morgan fingerprint density at radius 2 is 2.06 bits per heavy atom. The molecule has 0 unspecified atom stereocenters. The minimum absolute atomic E-state index is 0.311. The van der Waals surface area contributed by atoms with Gasteiger partial charge in [-0.15, -0.1) is 0 Å². The summed E-state index contributed by atoms with van der Waals surface area (Å²) in [6, 6.07) is 11.2. The van der Waals surface area contributed by atoms with Crippen LogP contribution < -0.4 is 0 Å². The third-order valence-corrected chi connectivity index (χ3v) is 2.98. The van der Waals surface area contributed by atoms with Gasteiger partial charge in [0.1, 0.15) is 5.69 Å². The molecular formula is C14H14ClNO2. The summed E-state index contributed by atoms with van der Waals surface area (Å²) in [7, 11) is 0. The van der Waals surface area contributed by atoms with Crippen molar-refractivity contribution in [3.63, 3.8) is 0 Å². The number of hydrogen-bond acceptors (Lipinski definition) is 2. The number of halogens is 1. The minimum atomic E-state index is -0.311. The lowest BCUT2D eigenvalue weighted by Gasteiger charge is -2.09. The first-order chi connectivity index (χ1) is 8.72.